The molecule has 0 bridgehead atoms. The number of rotatable bonds is 4. The first-order chi connectivity index (χ1) is 11.0. The fraction of sp³-hybridized carbons (Fsp3) is 0.556. The van der Waals surface area contributed by atoms with Gasteiger partial charge in [0.15, 0.2) is 0 Å². The van der Waals surface area contributed by atoms with Gasteiger partial charge in [0.25, 0.3) is 0 Å². The van der Waals surface area contributed by atoms with E-state index in [4.69, 9.17) is 5.73 Å². The van der Waals surface area contributed by atoms with E-state index in [-0.39, 0.29) is 42.2 Å². The predicted octanol–water partition coefficient (Wildman–Crippen LogP) is 2.54. The van der Waals surface area contributed by atoms with Gasteiger partial charge < -0.3 is 16.0 Å². The van der Waals surface area contributed by atoms with Gasteiger partial charge in [-0.15, -0.1) is 12.4 Å². The monoisotopic (exact) mass is 351 g/mol. The lowest BCUT2D eigenvalue weighted by Crippen LogP contribution is -2.32. The number of anilines is 1. The van der Waals surface area contributed by atoms with E-state index >= 15 is 0 Å². The van der Waals surface area contributed by atoms with Crippen molar-refractivity contribution < 1.29 is 9.59 Å². The topological polar surface area (TPSA) is 75.4 Å². The average molecular weight is 352 g/mol. The highest BCUT2D eigenvalue weighted by Crippen LogP contribution is 2.26. The molecule has 132 valence electrons. The summed E-state index contributed by atoms with van der Waals surface area (Å²) in [6.07, 6.45) is 4.17. The van der Waals surface area contributed by atoms with Crippen LogP contribution in [0, 0.1) is 5.92 Å². The van der Waals surface area contributed by atoms with Crippen LogP contribution in [0.3, 0.4) is 0 Å². The third-order valence-corrected chi connectivity index (χ3v) is 4.98. The average Bonchev–Trinajstić information content (AvgIpc) is 3.16. The lowest BCUT2D eigenvalue weighted by Gasteiger charge is -2.20. The minimum Gasteiger partial charge on any atom is -0.349 e. The van der Waals surface area contributed by atoms with Gasteiger partial charge in [0, 0.05) is 30.6 Å². The number of hydrogen-bond acceptors (Lipinski definition) is 3. The van der Waals surface area contributed by atoms with Gasteiger partial charge in [-0.05, 0) is 50.3 Å². The Hall–Kier alpha value is -1.59. The third kappa shape index (κ3) is 4.08. The van der Waals surface area contributed by atoms with Crippen LogP contribution in [0.15, 0.2) is 24.3 Å². The maximum absolute atomic E-state index is 12.3. The van der Waals surface area contributed by atoms with Crippen LogP contribution < -0.4 is 16.0 Å². The van der Waals surface area contributed by atoms with E-state index < -0.39 is 0 Å². The van der Waals surface area contributed by atoms with Gasteiger partial charge in [-0.1, -0.05) is 12.1 Å². The first-order valence-corrected chi connectivity index (χ1v) is 8.51. The van der Waals surface area contributed by atoms with Crippen molar-refractivity contribution >= 4 is 29.9 Å². The third-order valence-electron chi connectivity index (χ3n) is 4.98. The molecule has 1 aromatic carbocycles. The second kappa shape index (κ2) is 7.99. The molecule has 0 radical (unpaired) electrons. The highest BCUT2D eigenvalue weighted by atomic mass is 35.5. The summed E-state index contributed by atoms with van der Waals surface area (Å²) in [5.41, 5.74) is 7.87. The number of nitrogens with two attached hydrogens (primary N) is 1. The van der Waals surface area contributed by atoms with Gasteiger partial charge in [0.2, 0.25) is 11.8 Å². The van der Waals surface area contributed by atoms with E-state index in [9.17, 15) is 9.59 Å². The quantitative estimate of drug-likeness (QED) is 0.875. The molecule has 1 aliphatic carbocycles. The van der Waals surface area contributed by atoms with Crippen molar-refractivity contribution in [1.29, 1.82) is 0 Å². The van der Waals surface area contributed by atoms with Gasteiger partial charge in [-0.3, -0.25) is 9.59 Å². The maximum Gasteiger partial charge on any atom is 0.227 e. The van der Waals surface area contributed by atoms with E-state index in [2.05, 4.69) is 5.32 Å². The maximum atomic E-state index is 12.3. The fourth-order valence-corrected chi connectivity index (χ4v) is 3.53. The first-order valence-electron chi connectivity index (χ1n) is 8.51. The first kappa shape index (κ1) is 18.7. The number of benzene rings is 1. The zero-order valence-electron chi connectivity index (χ0n) is 14.0. The molecule has 3 N–H and O–H groups in total. The van der Waals surface area contributed by atoms with Gasteiger partial charge in [0.05, 0.1) is 6.04 Å². The van der Waals surface area contributed by atoms with E-state index in [0.29, 0.717) is 6.42 Å². The molecule has 3 atom stereocenters. The van der Waals surface area contributed by atoms with E-state index in [1.807, 2.05) is 36.1 Å². The largest absolute Gasteiger partial charge is 0.349 e. The summed E-state index contributed by atoms with van der Waals surface area (Å²) in [6.45, 7) is 2.79. The second-order valence-electron chi connectivity index (χ2n) is 6.74. The zero-order valence-corrected chi connectivity index (χ0v) is 14.8. The van der Waals surface area contributed by atoms with Crippen molar-refractivity contribution in [2.24, 2.45) is 11.7 Å². The van der Waals surface area contributed by atoms with E-state index in [1.54, 1.807) is 0 Å². The molecular weight excluding hydrogens is 326 g/mol. The Balaban J connectivity index is 0.00000208. The van der Waals surface area contributed by atoms with Crippen LogP contribution in [0.1, 0.15) is 50.6 Å². The molecule has 2 aliphatic rings. The summed E-state index contributed by atoms with van der Waals surface area (Å²) in [7, 11) is 0. The highest BCUT2D eigenvalue weighted by Gasteiger charge is 2.28. The molecule has 2 fully saturated rings. The van der Waals surface area contributed by atoms with Gasteiger partial charge in [-0.2, -0.15) is 0 Å². The Labute approximate surface area is 149 Å². The molecule has 24 heavy (non-hydrogen) atoms. The molecule has 3 rings (SSSR count). The number of carbonyl (C=O) groups excluding carboxylic acids is 2. The van der Waals surface area contributed by atoms with Crippen molar-refractivity contribution in [3.63, 3.8) is 0 Å². The molecule has 2 amide bonds. The summed E-state index contributed by atoms with van der Waals surface area (Å²) >= 11 is 0. The molecule has 1 saturated heterocycles. The summed E-state index contributed by atoms with van der Waals surface area (Å²) in [6, 6.07) is 8.04. The van der Waals surface area contributed by atoms with Crippen molar-refractivity contribution in [2.45, 2.75) is 51.1 Å². The minimum atomic E-state index is -0.0392. The number of carbonyl (C=O) groups is 2. The second-order valence-corrected chi connectivity index (χ2v) is 6.74. The molecular formula is C18H26ClN3O2. The molecule has 1 aliphatic heterocycles. The van der Waals surface area contributed by atoms with Crippen molar-refractivity contribution in [2.75, 3.05) is 11.4 Å². The molecule has 1 saturated carbocycles. The van der Waals surface area contributed by atoms with Crippen LogP contribution >= 0.6 is 12.4 Å². The summed E-state index contributed by atoms with van der Waals surface area (Å²) < 4.78 is 0. The van der Waals surface area contributed by atoms with Crippen LogP contribution in [0.5, 0.6) is 0 Å². The SMILES string of the molecule is CC(NC(=O)C1CCC(N)C1)c1ccc(N2CCCC2=O)cc1.Cl. The standard InChI is InChI=1S/C18H25N3O2.ClH/c1-12(20-18(23)14-4-7-15(19)11-14)13-5-8-16(9-6-13)21-10-2-3-17(21)22;/h5-6,8-9,12,14-15H,2-4,7,10-11,19H2,1H3,(H,20,23);1H. The Morgan fingerprint density at radius 1 is 1.29 bits per heavy atom. The van der Waals surface area contributed by atoms with Gasteiger partial charge in [0.1, 0.15) is 0 Å². The lowest BCUT2D eigenvalue weighted by molar-refractivity contribution is -0.125. The molecule has 1 heterocycles. The summed E-state index contributed by atoms with van der Waals surface area (Å²) in [4.78, 5) is 25.9. The highest BCUT2D eigenvalue weighted by molar-refractivity contribution is 5.95. The Morgan fingerprint density at radius 3 is 2.54 bits per heavy atom. The molecule has 3 unspecified atom stereocenters. The normalized spacial score (nSPS) is 24.6. The van der Waals surface area contributed by atoms with E-state index in [0.717, 1.165) is 43.5 Å². The molecule has 6 heteroatoms. The molecule has 0 aromatic heterocycles. The Kier molecular flexibility index (Phi) is 6.24. The fourth-order valence-electron chi connectivity index (χ4n) is 3.53. The summed E-state index contributed by atoms with van der Waals surface area (Å²) in [5, 5.41) is 3.08. The number of nitrogens with one attached hydrogen (secondary N) is 1. The Bertz CT molecular complexity index is 590. The van der Waals surface area contributed by atoms with Crippen molar-refractivity contribution in [3.8, 4) is 0 Å². The number of halogens is 1. The molecule has 0 spiro atoms. The van der Waals surface area contributed by atoms with Gasteiger partial charge >= 0.3 is 0 Å². The molecule has 5 nitrogen and oxygen atoms in total. The lowest BCUT2D eigenvalue weighted by atomic mass is 10.0. The van der Waals surface area contributed by atoms with Crippen molar-refractivity contribution in [3.05, 3.63) is 29.8 Å². The van der Waals surface area contributed by atoms with Crippen molar-refractivity contribution in [1.82, 2.24) is 5.32 Å². The van der Waals surface area contributed by atoms with Crippen LogP contribution in [0.25, 0.3) is 0 Å². The van der Waals surface area contributed by atoms with Crippen LogP contribution in [0.2, 0.25) is 0 Å². The zero-order chi connectivity index (χ0) is 16.4. The smallest absolute Gasteiger partial charge is 0.227 e. The number of hydrogen-bond donors (Lipinski definition) is 2. The molecule has 1 aromatic rings. The van der Waals surface area contributed by atoms with E-state index in [1.165, 1.54) is 0 Å². The van der Waals surface area contributed by atoms with Crippen LogP contribution in [-0.4, -0.2) is 24.4 Å². The Morgan fingerprint density at radius 2 is 2.00 bits per heavy atom. The number of amides is 2. The minimum absolute atomic E-state index is 0. The van der Waals surface area contributed by atoms with Gasteiger partial charge in [-0.25, -0.2) is 0 Å². The summed E-state index contributed by atoms with van der Waals surface area (Å²) in [5.74, 6) is 0.342. The predicted molar refractivity (Wildman–Crippen MR) is 97.2 cm³/mol. The van der Waals surface area contributed by atoms with Crippen LogP contribution in [-0.2, 0) is 9.59 Å². The number of nitrogens with zero attached hydrogens (tertiary/aromatic N) is 1. The van der Waals surface area contributed by atoms with Crippen LogP contribution in [0.4, 0.5) is 5.69 Å².